The Labute approximate surface area is 123 Å². The monoisotopic (exact) mass is 292 g/mol. The smallest absolute Gasteiger partial charge is 0.158 e. The van der Waals surface area contributed by atoms with Gasteiger partial charge < -0.3 is 15.4 Å². The standard InChI is InChI=1S/C14H17ClN4O/c1-9-4-5-10(6-11(9)15)17-13-7-12(16-2)18-14(19-13)8-20-3/h4-7H,8H2,1-3H3,(H2,16,17,18,19). The molecule has 20 heavy (non-hydrogen) atoms. The second-order valence-corrected chi connectivity index (χ2v) is 4.73. The topological polar surface area (TPSA) is 59.1 Å². The normalized spacial score (nSPS) is 10.4. The molecule has 0 amide bonds. The van der Waals surface area contributed by atoms with E-state index >= 15 is 0 Å². The Bertz CT molecular complexity index is 604. The average molecular weight is 293 g/mol. The first-order valence-electron chi connectivity index (χ1n) is 6.20. The van der Waals surface area contributed by atoms with Crippen molar-refractivity contribution >= 4 is 28.9 Å². The molecule has 5 nitrogen and oxygen atoms in total. The van der Waals surface area contributed by atoms with Gasteiger partial charge in [0.05, 0.1) is 0 Å². The zero-order valence-corrected chi connectivity index (χ0v) is 12.5. The third-order valence-electron chi connectivity index (χ3n) is 2.75. The van der Waals surface area contributed by atoms with E-state index < -0.39 is 0 Å². The maximum absolute atomic E-state index is 6.11. The summed E-state index contributed by atoms with van der Waals surface area (Å²) in [5.41, 5.74) is 1.92. The van der Waals surface area contributed by atoms with Crippen LogP contribution in [0.15, 0.2) is 24.3 Å². The van der Waals surface area contributed by atoms with Crippen molar-refractivity contribution in [3.63, 3.8) is 0 Å². The molecule has 0 atom stereocenters. The van der Waals surface area contributed by atoms with Gasteiger partial charge in [-0.05, 0) is 24.6 Å². The molecule has 2 aromatic rings. The summed E-state index contributed by atoms with van der Waals surface area (Å²) in [5, 5.41) is 6.93. The van der Waals surface area contributed by atoms with Crippen molar-refractivity contribution in [1.29, 1.82) is 0 Å². The van der Waals surface area contributed by atoms with Crippen LogP contribution in [0.1, 0.15) is 11.4 Å². The van der Waals surface area contributed by atoms with E-state index in [0.29, 0.717) is 18.2 Å². The average Bonchev–Trinajstić information content (AvgIpc) is 2.43. The minimum Gasteiger partial charge on any atom is -0.377 e. The van der Waals surface area contributed by atoms with E-state index in [-0.39, 0.29) is 0 Å². The highest BCUT2D eigenvalue weighted by Gasteiger charge is 2.05. The van der Waals surface area contributed by atoms with Crippen molar-refractivity contribution in [3.8, 4) is 0 Å². The van der Waals surface area contributed by atoms with Crippen LogP contribution in [0.25, 0.3) is 0 Å². The number of anilines is 3. The lowest BCUT2D eigenvalue weighted by Crippen LogP contribution is -2.04. The first-order valence-corrected chi connectivity index (χ1v) is 6.58. The highest BCUT2D eigenvalue weighted by atomic mass is 35.5. The van der Waals surface area contributed by atoms with Crippen molar-refractivity contribution in [2.75, 3.05) is 24.8 Å². The molecule has 1 aromatic heterocycles. The molecule has 6 heteroatoms. The predicted octanol–water partition coefficient (Wildman–Crippen LogP) is 3.37. The number of nitrogens with zero attached hydrogens (tertiary/aromatic N) is 2. The zero-order chi connectivity index (χ0) is 14.5. The first kappa shape index (κ1) is 14.6. The van der Waals surface area contributed by atoms with E-state index in [9.17, 15) is 0 Å². The lowest BCUT2D eigenvalue weighted by molar-refractivity contribution is 0.178. The van der Waals surface area contributed by atoms with Crippen LogP contribution in [0, 0.1) is 6.92 Å². The third kappa shape index (κ3) is 3.59. The van der Waals surface area contributed by atoms with Gasteiger partial charge in [-0.25, -0.2) is 9.97 Å². The maximum atomic E-state index is 6.11. The molecule has 2 N–H and O–H groups in total. The summed E-state index contributed by atoms with van der Waals surface area (Å²) in [6.07, 6.45) is 0. The van der Waals surface area contributed by atoms with Gasteiger partial charge in [0.1, 0.15) is 18.2 Å². The van der Waals surface area contributed by atoms with E-state index in [4.69, 9.17) is 16.3 Å². The largest absolute Gasteiger partial charge is 0.377 e. The molecule has 0 saturated heterocycles. The molecular weight excluding hydrogens is 276 g/mol. The van der Waals surface area contributed by atoms with Gasteiger partial charge >= 0.3 is 0 Å². The van der Waals surface area contributed by atoms with E-state index in [2.05, 4.69) is 20.6 Å². The summed E-state index contributed by atoms with van der Waals surface area (Å²) in [4.78, 5) is 8.69. The molecule has 106 valence electrons. The van der Waals surface area contributed by atoms with E-state index in [1.54, 1.807) is 7.11 Å². The van der Waals surface area contributed by atoms with Crippen LogP contribution < -0.4 is 10.6 Å². The molecule has 0 radical (unpaired) electrons. The highest BCUT2D eigenvalue weighted by Crippen LogP contribution is 2.23. The second-order valence-electron chi connectivity index (χ2n) is 4.33. The van der Waals surface area contributed by atoms with E-state index in [0.717, 1.165) is 22.1 Å². The molecular formula is C14H17ClN4O. The van der Waals surface area contributed by atoms with E-state index in [1.165, 1.54) is 0 Å². The number of aryl methyl sites for hydroxylation is 1. The zero-order valence-electron chi connectivity index (χ0n) is 11.7. The quantitative estimate of drug-likeness (QED) is 0.885. The van der Waals surface area contributed by atoms with Crippen molar-refractivity contribution in [1.82, 2.24) is 9.97 Å². The summed E-state index contributed by atoms with van der Waals surface area (Å²) >= 11 is 6.11. The van der Waals surface area contributed by atoms with Gasteiger partial charge in [-0.3, -0.25) is 0 Å². The number of aromatic nitrogens is 2. The van der Waals surface area contributed by atoms with Crippen LogP contribution in [-0.4, -0.2) is 24.1 Å². The molecule has 0 fully saturated rings. The second kappa shape index (κ2) is 6.54. The summed E-state index contributed by atoms with van der Waals surface area (Å²) in [6, 6.07) is 7.61. The molecule has 0 aliphatic rings. The molecule has 0 bridgehead atoms. The number of rotatable bonds is 5. The number of methoxy groups -OCH3 is 1. The molecule has 1 heterocycles. The summed E-state index contributed by atoms with van der Waals surface area (Å²) in [5.74, 6) is 2.03. The van der Waals surface area contributed by atoms with Gasteiger partial charge in [0.25, 0.3) is 0 Å². The number of hydrogen-bond acceptors (Lipinski definition) is 5. The Balaban J connectivity index is 2.27. The highest BCUT2D eigenvalue weighted by molar-refractivity contribution is 6.31. The van der Waals surface area contributed by atoms with Crippen LogP contribution in [0.5, 0.6) is 0 Å². The molecule has 2 rings (SSSR count). The van der Waals surface area contributed by atoms with Crippen LogP contribution in [-0.2, 0) is 11.3 Å². The van der Waals surface area contributed by atoms with Crippen molar-refractivity contribution in [2.45, 2.75) is 13.5 Å². The Morgan fingerprint density at radius 1 is 1.20 bits per heavy atom. The minimum atomic E-state index is 0.360. The molecule has 0 spiro atoms. The van der Waals surface area contributed by atoms with Gasteiger partial charge in [-0.1, -0.05) is 17.7 Å². The van der Waals surface area contributed by atoms with Crippen LogP contribution >= 0.6 is 11.6 Å². The molecule has 0 unspecified atom stereocenters. The summed E-state index contributed by atoms with van der Waals surface area (Å²) < 4.78 is 5.07. The van der Waals surface area contributed by atoms with Gasteiger partial charge in [0, 0.05) is 30.9 Å². The fraction of sp³-hybridized carbons (Fsp3) is 0.286. The van der Waals surface area contributed by atoms with Crippen LogP contribution in [0.4, 0.5) is 17.3 Å². The maximum Gasteiger partial charge on any atom is 0.158 e. The molecule has 0 aliphatic carbocycles. The number of ether oxygens (including phenoxy) is 1. The van der Waals surface area contributed by atoms with Gasteiger partial charge in [-0.15, -0.1) is 0 Å². The number of hydrogen-bond donors (Lipinski definition) is 2. The predicted molar refractivity (Wildman–Crippen MR) is 81.8 cm³/mol. The third-order valence-corrected chi connectivity index (χ3v) is 3.15. The first-order chi connectivity index (χ1) is 9.62. The van der Waals surface area contributed by atoms with Gasteiger partial charge in [0.15, 0.2) is 5.82 Å². The molecule has 0 aliphatic heterocycles. The van der Waals surface area contributed by atoms with Crippen molar-refractivity contribution < 1.29 is 4.74 Å². The minimum absolute atomic E-state index is 0.360. The van der Waals surface area contributed by atoms with Crippen LogP contribution in [0.3, 0.4) is 0 Å². The SMILES string of the molecule is CNc1cc(Nc2ccc(C)c(Cl)c2)nc(COC)n1. The molecule has 1 aromatic carbocycles. The number of nitrogens with one attached hydrogen (secondary N) is 2. The van der Waals surface area contributed by atoms with Gasteiger partial charge in [-0.2, -0.15) is 0 Å². The van der Waals surface area contributed by atoms with Crippen LogP contribution in [0.2, 0.25) is 5.02 Å². The summed E-state index contributed by atoms with van der Waals surface area (Å²) in [6.45, 7) is 2.32. The fourth-order valence-electron chi connectivity index (χ4n) is 1.70. The Kier molecular flexibility index (Phi) is 4.76. The van der Waals surface area contributed by atoms with Gasteiger partial charge in [0.2, 0.25) is 0 Å². The Morgan fingerprint density at radius 3 is 2.60 bits per heavy atom. The van der Waals surface area contributed by atoms with Crippen molar-refractivity contribution in [2.24, 2.45) is 0 Å². The number of benzene rings is 1. The van der Waals surface area contributed by atoms with E-state index in [1.807, 2.05) is 38.2 Å². The lowest BCUT2D eigenvalue weighted by atomic mass is 10.2. The summed E-state index contributed by atoms with van der Waals surface area (Å²) in [7, 11) is 3.42. The number of halogens is 1. The Morgan fingerprint density at radius 2 is 1.95 bits per heavy atom. The lowest BCUT2D eigenvalue weighted by Gasteiger charge is -2.10. The van der Waals surface area contributed by atoms with Crippen molar-refractivity contribution in [3.05, 3.63) is 40.7 Å². The molecule has 0 saturated carbocycles. The fourth-order valence-corrected chi connectivity index (χ4v) is 1.88. The Hall–Kier alpha value is -1.85.